The molecule has 0 aliphatic rings. The lowest BCUT2D eigenvalue weighted by atomic mass is 10.3. The molecule has 0 saturated heterocycles. The summed E-state index contributed by atoms with van der Waals surface area (Å²) < 4.78 is 6.23. The average Bonchev–Trinajstić information content (AvgIpc) is 2.26. The standard InChI is InChI=1S/C10H8BrN3O/c1-7-3-6-12-9(8(7)11)15-10-13-4-2-5-14-10/h2-6H,1H3. The molecule has 0 aliphatic heterocycles. The van der Waals surface area contributed by atoms with E-state index in [2.05, 4.69) is 30.9 Å². The molecule has 0 spiro atoms. The molecular weight excluding hydrogens is 258 g/mol. The van der Waals surface area contributed by atoms with Gasteiger partial charge in [0, 0.05) is 18.6 Å². The topological polar surface area (TPSA) is 47.9 Å². The number of pyridine rings is 1. The molecule has 2 aromatic rings. The second-order valence-corrected chi connectivity index (χ2v) is 3.67. The maximum Gasteiger partial charge on any atom is 0.323 e. The molecule has 0 saturated carbocycles. The summed E-state index contributed by atoms with van der Waals surface area (Å²) in [7, 11) is 0. The van der Waals surface area contributed by atoms with E-state index in [1.165, 1.54) is 0 Å². The Bertz CT molecular complexity index is 461. The van der Waals surface area contributed by atoms with Gasteiger partial charge in [0.2, 0.25) is 5.88 Å². The molecule has 0 N–H and O–H groups in total. The number of halogens is 1. The van der Waals surface area contributed by atoms with E-state index in [0.29, 0.717) is 5.88 Å². The van der Waals surface area contributed by atoms with Crippen LogP contribution in [0.3, 0.4) is 0 Å². The fraction of sp³-hybridized carbons (Fsp3) is 0.100. The molecule has 0 fully saturated rings. The zero-order chi connectivity index (χ0) is 10.7. The zero-order valence-corrected chi connectivity index (χ0v) is 9.60. The third-order valence-corrected chi connectivity index (χ3v) is 2.74. The van der Waals surface area contributed by atoms with Crippen LogP contribution in [0.2, 0.25) is 0 Å². The molecule has 0 unspecified atom stereocenters. The predicted molar refractivity (Wildman–Crippen MR) is 58.8 cm³/mol. The van der Waals surface area contributed by atoms with Crippen molar-refractivity contribution in [3.63, 3.8) is 0 Å². The lowest BCUT2D eigenvalue weighted by Crippen LogP contribution is -1.94. The van der Waals surface area contributed by atoms with Crippen LogP contribution in [-0.4, -0.2) is 15.0 Å². The summed E-state index contributed by atoms with van der Waals surface area (Å²) >= 11 is 3.39. The van der Waals surface area contributed by atoms with Crippen molar-refractivity contribution in [3.8, 4) is 11.9 Å². The Morgan fingerprint density at radius 2 is 1.87 bits per heavy atom. The second-order valence-electron chi connectivity index (χ2n) is 2.88. The number of hydrogen-bond acceptors (Lipinski definition) is 4. The van der Waals surface area contributed by atoms with Gasteiger partial charge in [-0.1, -0.05) is 0 Å². The SMILES string of the molecule is Cc1ccnc(Oc2ncccn2)c1Br. The molecular formula is C10H8BrN3O. The van der Waals surface area contributed by atoms with Crippen LogP contribution < -0.4 is 4.74 Å². The smallest absolute Gasteiger partial charge is 0.323 e. The first-order valence-electron chi connectivity index (χ1n) is 4.33. The maximum absolute atomic E-state index is 5.41. The van der Waals surface area contributed by atoms with Crippen molar-refractivity contribution >= 4 is 15.9 Å². The number of ether oxygens (including phenoxy) is 1. The summed E-state index contributed by atoms with van der Waals surface area (Å²) in [5, 5.41) is 0. The molecule has 0 bridgehead atoms. The minimum absolute atomic E-state index is 0.288. The average molecular weight is 266 g/mol. The van der Waals surface area contributed by atoms with E-state index in [1.807, 2.05) is 13.0 Å². The highest BCUT2D eigenvalue weighted by Crippen LogP contribution is 2.27. The quantitative estimate of drug-likeness (QED) is 0.838. The van der Waals surface area contributed by atoms with Crippen LogP contribution in [0.25, 0.3) is 0 Å². The molecule has 0 atom stereocenters. The van der Waals surface area contributed by atoms with Crippen LogP contribution in [0.15, 0.2) is 35.2 Å². The van der Waals surface area contributed by atoms with E-state index in [0.717, 1.165) is 10.0 Å². The lowest BCUT2D eigenvalue weighted by Gasteiger charge is -2.05. The molecule has 0 amide bonds. The Kier molecular flexibility index (Phi) is 2.91. The molecule has 2 rings (SSSR count). The van der Waals surface area contributed by atoms with Crippen LogP contribution in [0.4, 0.5) is 0 Å². The minimum Gasteiger partial charge on any atom is -0.404 e. The van der Waals surface area contributed by atoms with Gasteiger partial charge >= 0.3 is 6.01 Å². The zero-order valence-electron chi connectivity index (χ0n) is 8.01. The Morgan fingerprint density at radius 3 is 2.60 bits per heavy atom. The maximum atomic E-state index is 5.41. The number of nitrogens with zero attached hydrogens (tertiary/aromatic N) is 3. The van der Waals surface area contributed by atoms with Crippen LogP contribution in [0, 0.1) is 6.92 Å². The summed E-state index contributed by atoms with van der Waals surface area (Å²) in [6.45, 7) is 1.96. The van der Waals surface area contributed by atoms with E-state index in [9.17, 15) is 0 Å². The highest BCUT2D eigenvalue weighted by molar-refractivity contribution is 9.10. The van der Waals surface area contributed by atoms with Crippen molar-refractivity contribution in [2.45, 2.75) is 6.92 Å². The fourth-order valence-electron chi connectivity index (χ4n) is 1.01. The van der Waals surface area contributed by atoms with E-state index < -0.39 is 0 Å². The summed E-state index contributed by atoms with van der Waals surface area (Å²) in [4.78, 5) is 12.0. The van der Waals surface area contributed by atoms with Crippen molar-refractivity contribution < 1.29 is 4.74 Å². The van der Waals surface area contributed by atoms with E-state index >= 15 is 0 Å². The summed E-state index contributed by atoms with van der Waals surface area (Å²) in [6.07, 6.45) is 4.91. The lowest BCUT2D eigenvalue weighted by molar-refractivity contribution is 0.421. The van der Waals surface area contributed by atoms with E-state index in [1.54, 1.807) is 24.7 Å². The molecule has 0 radical (unpaired) electrons. The van der Waals surface area contributed by atoms with Gasteiger partial charge in [-0.05, 0) is 40.5 Å². The van der Waals surface area contributed by atoms with Gasteiger partial charge < -0.3 is 4.74 Å². The summed E-state index contributed by atoms with van der Waals surface area (Å²) in [5.74, 6) is 0.473. The number of aromatic nitrogens is 3. The molecule has 5 heteroatoms. The highest BCUT2D eigenvalue weighted by Gasteiger charge is 2.07. The van der Waals surface area contributed by atoms with E-state index in [-0.39, 0.29) is 6.01 Å². The molecule has 2 heterocycles. The van der Waals surface area contributed by atoms with Crippen molar-refractivity contribution in [2.75, 3.05) is 0 Å². The number of rotatable bonds is 2. The molecule has 76 valence electrons. The molecule has 0 aliphatic carbocycles. The summed E-state index contributed by atoms with van der Waals surface area (Å²) in [5.41, 5.74) is 1.05. The monoisotopic (exact) mass is 265 g/mol. The fourth-order valence-corrected chi connectivity index (χ4v) is 1.33. The third-order valence-electron chi connectivity index (χ3n) is 1.78. The van der Waals surface area contributed by atoms with Crippen molar-refractivity contribution in [2.24, 2.45) is 0 Å². The Hall–Kier alpha value is -1.49. The van der Waals surface area contributed by atoms with Gasteiger partial charge in [-0.2, -0.15) is 0 Å². The van der Waals surface area contributed by atoms with Crippen LogP contribution in [-0.2, 0) is 0 Å². The Labute approximate surface area is 95.5 Å². The Balaban J connectivity index is 2.29. The van der Waals surface area contributed by atoms with Gasteiger partial charge in [-0.25, -0.2) is 15.0 Å². The largest absolute Gasteiger partial charge is 0.404 e. The second kappa shape index (κ2) is 4.35. The first kappa shape index (κ1) is 10.0. The van der Waals surface area contributed by atoms with Crippen molar-refractivity contribution in [1.29, 1.82) is 0 Å². The molecule has 4 nitrogen and oxygen atoms in total. The van der Waals surface area contributed by atoms with Gasteiger partial charge in [0.15, 0.2) is 0 Å². The number of hydrogen-bond donors (Lipinski definition) is 0. The highest BCUT2D eigenvalue weighted by atomic mass is 79.9. The predicted octanol–water partition coefficient (Wildman–Crippen LogP) is 2.73. The van der Waals surface area contributed by atoms with Gasteiger partial charge in [0.1, 0.15) is 0 Å². The van der Waals surface area contributed by atoms with Crippen LogP contribution in [0.1, 0.15) is 5.56 Å². The van der Waals surface area contributed by atoms with E-state index in [4.69, 9.17) is 4.74 Å². The minimum atomic E-state index is 0.288. The van der Waals surface area contributed by atoms with Crippen LogP contribution >= 0.6 is 15.9 Å². The van der Waals surface area contributed by atoms with Gasteiger partial charge in [0.25, 0.3) is 0 Å². The van der Waals surface area contributed by atoms with Gasteiger partial charge in [-0.3, -0.25) is 0 Å². The summed E-state index contributed by atoms with van der Waals surface area (Å²) in [6, 6.07) is 3.91. The molecule has 2 aromatic heterocycles. The molecule has 15 heavy (non-hydrogen) atoms. The normalized spacial score (nSPS) is 10.0. The van der Waals surface area contributed by atoms with Crippen molar-refractivity contribution in [3.05, 3.63) is 40.8 Å². The van der Waals surface area contributed by atoms with Crippen molar-refractivity contribution in [1.82, 2.24) is 15.0 Å². The third kappa shape index (κ3) is 2.30. The first-order chi connectivity index (χ1) is 7.27. The first-order valence-corrected chi connectivity index (χ1v) is 5.12. The molecule has 0 aromatic carbocycles. The number of aryl methyl sites for hydroxylation is 1. The van der Waals surface area contributed by atoms with Gasteiger partial charge in [0.05, 0.1) is 4.47 Å². The van der Waals surface area contributed by atoms with Gasteiger partial charge in [-0.15, -0.1) is 0 Å². The Morgan fingerprint density at radius 1 is 1.13 bits per heavy atom. The van der Waals surface area contributed by atoms with Crippen LogP contribution in [0.5, 0.6) is 11.9 Å².